The second-order valence-electron chi connectivity index (χ2n) is 5.13. The van der Waals surface area contributed by atoms with Gasteiger partial charge in [0.15, 0.2) is 0 Å². The van der Waals surface area contributed by atoms with Crippen molar-refractivity contribution in [1.82, 2.24) is 13.5 Å². The molecule has 0 aromatic carbocycles. The molecular formula is C11H22N4O2S2. The molecule has 19 heavy (non-hydrogen) atoms. The first kappa shape index (κ1) is 15.1. The van der Waals surface area contributed by atoms with Gasteiger partial charge in [0.05, 0.1) is 11.0 Å². The Morgan fingerprint density at radius 1 is 1.05 bits per heavy atom. The predicted molar refractivity (Wildman–Crippen MR) is 79.1 cm³/mol. The van der Waals surface area contributed by atoms with E-state index in [1.807, 2.05) is 6.92 Å². The molecule has 2 aliphatic rings. The van der Waals surface area contributed by atoms with Gasteiger partial charge < -0.3 is 5.73 Å². The Morgan fingerprint density at radius 2 is 1.53 bits per heavy atom. The fourth-order valence-corrected chi connectivity index (χ4v) is 4.40. The maximum Gasteiger partial charge on any atom is 0.282 e. The van der Waals surface area contributed by atoms with Crippen LogP contribution in [0.5, 0.6) is 0 Å². The van der Waals surface area contributed by atoms with Crippen LogP contribution in [0.3, 0.4) is 0 Å². The van der Waals surface area contributed by atoms with Gasteiger partial charge in [-0.1, -0.05) is 12.2 Å². The van der Waals surface area contributed by atoms with E-state index >= 15 is 0 Å². The molecule has 2 rings (SSSR count). The smallest absolute Gasteiger partial charge is 0.282 e. The Kier molecular flexibility index (Phi) is 4.78. The van der Waals surface area contributed by atoms with Crippen LogP contribution in [0.1, 0.15) is 19.8 Å². The van der Waals surface area contributed by atoms with Gasteiger partial charge in [-0.15, -0.1) is 0 Å². The standard InChI is InChI=1S/C11H22N4O2S2/c1-10(11(12)18)13-6-8-15(9-7-13)19(16,17)14-4-2-3-5-14/h10H,2-9H2,1H3,(H2,12,18). The zero-order valence-electron chi connectivity index (χ0n) is 11.3. The molecule has 1 unspecified atom stereocenters. The topological polar surface area (TPSA) is 69.9 Å². The van der Waals surface area contributed by atoms with Gasteiger partial charge in [-0.05, 0) is 19.8 Å². The van der Waals surface area contributed by atoms with Crippen LogP contribution >= 0.6 is 12.2 Å². The molecule has 0 aromatic heterocycles. The maximum atomic E-state index is 12.4. The minimum Gasteiger partial charge on any atom is -0.392 e. The van der Waals surface area contributed by atoms with Gasteiger partial charge in [-0.2, -0.15) is 17.0 Å². The van der Waals surface area contributed by atoms with Crippen molar-refractivity contribution in [3.05, 3.63) is 0 Å². The van der Waals surface area contributed by atoms with Gasteiger partial charge >= 0.3 is 0 Å². The van der Waals surface area contributed by atoms with E-state index in [9.17, 15) is 8.42 Å². The van der Waals surface area contributed by atoms with Crippen LogP contribution < -0.4 is 5.73 Å². The highest BCUT2D eigenvalue weighted by molar-refractivity contribution is 7.86. The molecule has 0 aromatic rings. The average Bonchev–Trinajstić information content (AvgIpc) is 2.92. The summed E-state index contributed by atoms with van der Waals surface area (Å²) >= 11 is 4.99. The second-order valence-corrected chi connectivity index (χ2v) is 7.53. The number of rotatable bonds is 4. The number of thiocarbonyl (C=S) groups is 1. The summed E-state index contributed by atoms with van der Waals surface area (Å²) in [4.78, 5) is 2.61. The Hall–Kier alpha value is -0.280. The van der Waals surface area contributed by atoms with Crippen LogP contribution in [0.15, 0.2) is 0 Å². The summed E-state index contributed by atoms with van der Waals surface area (Å²) in [7, 11) is -3.26. The van der Waals surface area contributed by atoms with Crippen molar-refractivity contribution in [1.29, 1.82) is 0 Å². The van der Waals surface area contributed by atoms with Crippen LogP contribution in [0, 0.1) is 0 Å². The van der Waals surface area contributed by atoms with E-state index < -0.39 is 10.2 Å². The quantitative estimate of drug-likeness (QED) is 0.717. The summed E-state index contributed by atoms with van der Waals surface area (Å²) in [6, 6.07) is 0.0339. The lowest BCUT2D eigenvalue weighted by atomic mass is 10.2. The van der Waals surface area contributed by atoms with E-state index in [0.29, 0.717) is 44.3 Å². The summed E-state index contributed by atoms with van der Waals surface area (Å²) in [5, 5.41) is 0. The molecule has 2 heterocycles. The Balaban J connectivity index is 1.94. The minimum absolute atomic E-state index is 0.0339. The van der Waals surface area contributed by atoms with Gasteiger partial charge in [0.25, 0.3) is 10.2 Å². The van der Waals surface area contributed by atoms with Gasteiger partial charge in [0.1, 0.15) is 0 Å². The first-order chi connectivity index (χ1) is 8.93. The van der Waals surface area contributed by atoms with E-state index in [-0.39, 0.29) is 6.04 Å². The van der Waals surface area contributed by atoms with Crippen molar-refractivity contribution in [2.75, 3.05) is 39.3 Å². The molecule has 2 fully saturated rings. The molecule has 0 amide bonds. The lowest BCUT2D eigenvalue weighted by molar-refractivity contribution is 0.170. The number of nitrogens with zero attached hydrogens (tertiary/aromatic N) is 3. The van der Waals surface area contributed by atoms with Crippen molar-refractivity contribution in [3.8, 4) is 0 Å². The third-order valence-electron chi connectivity index (χ3n) is 3.95. The fourth-order valence-electron chi connectivity index (χ4n) is 2.58. The zero-order valence-corrected chi connectivity index (χ0v) is 12.9. The summed E-state index contributed by atoms with van der Waals surface area (Å²) in [5.74, 6) is 0. The molecule has 6 nitrogen and oxygen atoms in total. The third-order valence-corrected chi connectivity index (χ3v) is 6.33. The van der Waals surface area contributed by atoms with Crippen molar-refractivity contribution < 1.29 is 8.42 Å². The molecule has 2 saturated heterocycles. The summed E-state index contributed by atoms with van der Waals surface area (Å²) in [6.07, 6.45) is 1.94. The molecule has 0 saturated carbocycles. The highest BCUT2D eigenvalue weighted by Crippen LogP contribution is 2.18. The molecule has 2 N–H and O–H groups in total. The summed E-state index contributed by atoms with van der Waals surface area (Å²) in [5.41, 5.74) is 5.64. The normalized spacial score (nSPS) is 25.5. The van der Waals surface area contributed by atoms with Crippen molar-refractivity contribution in [2.24, 2.45) is 5.73 Å². The maximum absolute atomic E-state index is 12.4. The number of hydrogen-bond donors (Lipinski definition) is 1. The number of piperazine rings is 1. The van der Waals surface area contributed by atoms with E-state index in [2.05, 4.69) is 4.90 Å². The minimum atomic E-state index is -3.26. The van der Waals surface area contributed by atoms with Crippen LogP contribution in [0.25, 0.3) is 0 Å². The molecule has 2 aliphatic heterocycles. The van der Waals surface area contributed by atoms with Gasteiger partial charge in [0.2, 0.25) is 0 Å². The van der Waals surface area contributed by atoms with Gasteiger partial charge in [-0.25, -0.2) is 0 Å². The third kappa shape index (κ3) is 3.25. The molecule has 0 spiro atoms. The average molecular weight is 306 g/mol. The molecule has 0 radical (unpaired) electrons. The van der Waals surface area contributed by atoms with Crippen molar-refractivity contribution in [2.45, 2.75) is 25.8 Å². The van der Waals surface area contributed by atoms with E-state index in [0.717, 1.165) is 12.8 Å². The number of hydrogen-bond acceptors (Lipinski definition) is 4. The molecular weight excluding hydrogens is 284 g/mol. The highest BCUT2D eigenvalue weighted by Gasteiger charge is 2.34. The van der Waals surface area contributed by atoms with Crippen LogP contribution in [-0.2, 0) is 10.2 Å². The van der Waals surface area contributed by atoms with Crippen molar-refractivity contribution >= 4 is 27.4 Å². The first-order valence-corrected chi connectivity index (χ1v) is 8.52. The van der Waals surface area contributed by atoms with Crippen LogP contribution in [0.2, 0.25) is 0 Å². The Bertz CT molecular complexity index is 426. The first-order valence-electron chi connectivity index (χ1n) is 6.71. The largest absolute Gasteiger partial charge is 0.392 e. The van der Waals surface area contributed by atoms with Crippen LogP contribution in [0.4, 0.5) is 0 Å². The summed E-state index contributed by atoms with van der Waals surface area (Å²) in [6.45, 7) is 5.69. The molecule has 110 valence electrons. The molecule has 0 aliphatic carbocycles. The highest BCUT2D eigenvalue weighted by atomic mass is 32.2. The van der Waals surface area contributed by atoms with E-state index in [1.54, 1.807) is 8.61 Å². The SMILES string of the molecule is CC(C(N)=S)N1CCN(S(=O)(=O)N2CCCC2)CC1. The Labute approximate surface area is 120 Å². The monoisotopic (exact) mass is 306 g/mol. The van der Waals surface area contributed by atoms with E-state index in [4.69, 9.17) is 18.0 Å². The zero-order chi connectivity index (χ0) is 14.0. The molecule has 1 atom stereocenters. The lowest BCUT2D eigenvalue weighted by Crippen LogP contribution is -2.56. The predicted octanol–water partition coefficient (Wildman–Crippen LogP) is -0.381. The van der Waals surface area contributed by atoms with E-state index in [1.165, 1.54) is 0 Å². The van der Waals surface area contributed by atoms with Gasteiger partial charge in [-0.3, -0.25) is 4.90 Å². The summed E-state index contributed by atoms with van der Waals surface area (Å²) < 4.78 is 27.9. The van der Waals surface area contributed by atoms with Crippen molar-refractivity contribution in [3.63, 3.8) is 0 Å². The fraction of sp³-hybridized carbons (Fsp3) is 0.909. The van der Waals surface area contributed by atoms with Gasteiger partial charge in [0, 0.05) is 39.3 Å². The lowest BCUT2D eigenvalue weighted by Gasteiger charge is -2.38. The molecule has 8 heteroatoms. The molecule has 0 bridgehead atoms. The number of nitrogens with two attached hydrogens (primary N) is 1. The van der Waals surface area contributed by atoms with Crippen LogP contribution in [-0.4, -0.2) is 72.2 Å². The Morgan fingerprint density at radius 3 is 2.00 bits per heavy atom. The second kappa shape index (κ2) is 6.01.